The lowest BCUT2D eigenvalue weighted by Gasteiger charge is -2.12. The van der Waals surface area contributed by atoms with E-state index in [1.165, 1.54) is 0 Å². The van der Waals surface area contributed by atoms with Gasteiger partial charge in [0.1, 0.15) is 17.7 Å². The molecule has 1 aliphatic rings. The van der Waals surface area contributed by atoms with E-state index in [9.17, 15) is 4.79 Å². The van der Waals surface area contributed by atoms with E-state index in [1.54, 1.807) is 18.0 Å². The van der Waals surface area contributed by atoms with Gasteiger partial charge in [-0.3, -0.25) is 9.78 Å². The van der Waals surface area contributed by atoms with E-state index in [2.05, 4.69) is 31.0 Å². The molecule has 3 heterocycles. The number of hydrogen-bond donors (Lipinski definition) is 1. The minimum atomic E-state index is -0.124. The van der Waals surface area contributed by atoms with Crippen LogP contribution in [-0.4, -0.2) is 53.3 Å². The highest BCUT2D eigenvalue weighted by molar-refractivity contribution is 7.99. The van der Waals surface area contributed by atoms with Gasteiger partial charge in [-0.1, -0.05) is 53.7 Å². The number of benzene rings is 2. The summed E-state index contributed by atoms with van der Waals surface area (Å²) in [6.45, 7) is 1.46. The summed E-state index contributed by atoms with van der Waals surface area (Å²) >= 11 is 1.80. The molecule has 1 N–H and O–H groups in total. The number of rotatable bonds is 10. The Morgan fingerprint density at radius 1 is 1.11 bits per heavy atom. The van der Waals surface area contributed by atoms with Crippen LogP contribution in [0, 0.1) is 0 Å². The van der Waals surface area contributed by atoms with Gasteiger partial charge in [0, 0.05) is 59.0 Å². The zero-order chi connectivity index (χ0) is 26.3. The van der Waals surface area contributed by atoms with Gasteiger partial charge in [-0.05, 0) is 44.8 Å². The van der Waals surface area contributed by atoms with Crippen molar-refractivity contribution in [2.24, 2.45) is 5.16 Å². The molecule has 1 amide bonds. The number of aromatic nitrogens is 2. The van der Waals surface area contributed by atoms with E-state index < -0.39 is 0 Å². The smallest absolute Gasteiger partial charge is 0.257 e. The topological polar surface area (TPSA) is 71.8 Å². The van der Waals surface area contributed by atoms with Crippen LogP contribution in [0.3, 0.4) is 0 Å². The van der Waals surface area contributed by atoms with E-state index in [0.29, 0.717) is 17.9 Å². The summed E-state index contributed by atoms with van der Waals surface area (Å²) in [5.41, 5.74) is 6.10. The number of anilines is 1. The molecule has 4 aromatic rings. The number of nitrogens with one attached hydrogen (secondary N) is 1. The Morgan fingerprint density at radius 2 is 1.95 bits per heavy atom. The van der Waals surface area contributed by atoms with Crippen molar-refractivity contribution in [1.29, 1.82) is 0 Å². The van der Waals surface area contributed by atoms with Crippen LogP contribution in [0.15, 0.2) is 96.5 Å². The monoisotopic (exact) mass is 525 g/mol. The number of pyridine rings is 1. The number of thioether (sulfide) groups is 1. The average Bonchev–Trinajstić information content (AvgIpc) is 3.54. The fourth-order valence-electron chi connectivity index (χ4n) is 4.44. The third kappa shape index (κ3) is 5.98. The highest BCUT2D eigenvalue weighted by atomic mass is 32.2. The fraction of sp³-hybridized carbons (Fsp3) is 0.233. The van der Waals surface area contributed by atoms with Crippen molar-refractivity contribution in [1.82, 2.24) is 14.5 Å². The minimum Gasteiger partial charge on any atom is -0.395 e. The number of amides is 1. The molecule has 0 saturated carbocycles. The van der Waals surface area contributed by atoms with E-state index in [1.807, 2.05) is 93.2 Å². The molecule has 0 bridgehead atoms. The maximum absolute atomic E-state index is 13.3. The first-order valence-electron chi connectivity index (χ1n) is 12.6. The Hall–Kier alpha value is -3.88. The van der Waals surface area contributed by atoms with Crippen molar-refractivity contribution in [3.05, 3.63) is 119 Å². The van der Waals surface area contributed by atoms with Gasteiger partial charge in [0.05, 0.1) is 5.56 Å². The Balaban J connectivity index is 1.33. The molecule has 0 spiro atoms. The summed E-state index contributed by atoms with van der Waals surface area (Å²) in [7, 11) is 4.08. The van der Waals surface area contributed by atoms with Crippen LogP contribution >= 0.6 is 11.8 Å². The molecular formula is C30H31N5O2S. The second kappa shape index (κ2) is 12.1. The van der Waals surface area contributed by atoms with Crippen LogP contribution in [0.4, 0.5) is 5.69 Å². The van der Waals surface area contributed by atoms with Gasteiger partial charge in [-0.25, -0.2) is 0 Å². The molecule has 0 fully saturated rings. The Bertz CT molecular complexity index is 1400. The Morgan fingerprint density at radius 3 is 2.74 bits per heavy atom. The van der Waals surface area contributed by atoms with Crippen LogP contribution < -0.4 is 5.32 Å². The molecule has 2 aromatic heterocycles. The summed E-state index contributed by atoms with van der Waals surface area (Å²) in [4.78, 5) is 25.4. The fourth-order valence-corrected chi connectivity index (χ4v) is 5.75. The van der Waals surface area contributed by atoms with Crippen molar-refractivity contribution in [2.75, 3.05) is 32.6 Å². The van der Waals surface area contributed by atoms with E-state index in [0.717, 1.165) is 46.8 Å². The van der Waals surface area contributed by atoms with Crippen LogP contribution in [0.5, 0.6) is 0 Å². The Labute approximate surface area is 227 Å². The van der Waals surface area contributed by atoms with E-state index >= 15 is 0 Å². The van der Waals surface area contributed by atoms with Gasteiger partial charge in [-0.2, -0.15) is 0 Å². The lowest BCUT2D eigenvalue weighted by atomic mass is 10.0. The molecular weight excluding hydrogens is 494 g/mol. The van der Waals surface area contributed by atoms with Crippen molar-refractivity contribution < 1.29 is 9.63 Å². The van der Waals surface area contributed by atoms with Gasteiger partial charge in [0.15, 0.2) is 0 Å². The SMILES string of the molecule is CN(C)CCCON=C(c1ccccc1)c1cccc(NC(=O)c2ccn3c2CSC3c2cccnc2)c1. The average molecular weight is 526 g/mol. The molecule has 0 radical (unpaired) electrons. The first kappa shape index (κ1) is 25.8. The molecule has 1 atom stereocenters. The maximum Gasteiger partial charge on any atom is 0.257 e. The molecule has 1 aliphatic heterocycles. The van der Waals surface area contributed by atoms with Gasteiger partial charge in [0.25, 0.3) is 5.91 Å². The quantitative estimate of drug-likeness (QED) is 0.165. The third-order valence-electron chi connectivity index (χ3n) is 6.31. The molecule has 38 heavy (non-hydrogen) atoms. The van der Waals surface area contributed by atoms with Crippen LogP contribution in [0.2, 0.25) is 0 Å². The number of fused-ring (bicyclic) bond motifs is 1. The van der Waals surface area contributed by atoms with Crippen LogP contribution in [0.25, 0.3) is 0 Å². The largest absolute Gasteiger partial charge is 0.395 e. The van der Waals surface area contributed by atoms with Gasteiger partial charge >= 0.3 is 0 Å². The standard InChI is InChI=1S/C30H31N5O2S/c1-34(2)16-8-18-37-33-28(22-9-4-3-5-10-22)23-11-6-13-25(19-23)32-29(36)26-14-17-35-27(26)21-38-30(35)24-12-7-15-31-20-24/h3-7,9-15,17,19-20,30H,8,16,18,21H2,1-2H3,(H,32,36). The lowest BCUT2D eigenvalue weighted by Crippen LogP contribution is -2.15. The maximum atomic E-state index is 13.3. The number of carbonyl (C=O) groups is 1. The highest BCUT2D eigenvalue weighted by Gasteiger charge is 2.28. The summed E-state index contributed by atoms with van der Waals surface area (Å²) in [5, 5.41) is 7.71. The predicted octanol–water partition coefficient (Wildman–Crippen LogP) is 5.65. The molecule has 5 rings (SSSR count). The molecule has 8 heteroatoms. The highest BCUT2D eigenvalue weighted by Crippen LogP contribution is 2.42. The van der Waals surface area contributed by atoms with E-state index in [4.69, 9.17) is 4.84 Å². The molecule has 194 valence electrons. The van der Waals surface area contributed by atoms with Crippen LogP contribution in [0.1, 0.15) is 44.5 Å². The lowest BCUT2D eigenvalue weighted by molar-refractivity contribution is 0.102. The summed E-state index contributed by atoms with van der Waals surface area (Å²) in [6, 6.07) is 23.6. The van der Waals surface area contributed by atoms with Crippen LogP contribution in [-0.2, 0) is 10.6 Å². The summed E-state index contributed by atoms with van der Waals surface area (Å²) in [5.74, 6) is 0.646. The number of hydrogen-bond acceptors (Lipinski definition) is 6. The predicted molar refractivity (Wildman–Crippen MR) is 154 cm³/mol. The molecule has 1 unspecified atom stereocenters. The van der Waals surface area contributed by atoms with Gasteiger partial charge in [0.2, 0.25) is 0 Å². The van der Waals surface area contributed by atoms with Crippen molar-refractivity contribution >= 4 is 29.1 Å². The molecule has 2 aromatic carbocycles. The Kier molecular flexibility index (Phi) is 8.21. The number of oxime groups is 1. The molecule has 0 aliphatic carbocycles. The van der Waals surface area contributed by atoms with Crippen molar-refractivity contribution in [2.45, 2.75) is 17.5 Å². The van der Waals surface area contributed by atoms with Crippen molar-refractivity contribution in [3.8, 4) is 0 Å². The first-order chi connectivity index (χ1) is 18.6. The second-order valence-electron chi connectivity index (χ2n) is 9.36. The molecule has 0 saturated heterocycles. The van der Waals surface area contributed by atoms with E-state index in [-0.39, 0.29) is 11.3 Å². The zero-order valence-corrected chi connectivity index (χ0v) is 22.4. The number of nitrogens with zero attached hydrogens (tertiary/aromatic N) is 4. The minimum absolute atomic E-state index is 0.124. The van der Waals surface area contributed by atoms with Gasteiger partial charge < -0.3 is 19.6 Å². The van der Waals surface area contributed by atoms with Gasteiger partial charge in [-0.15, -0.1) is 11.8 Å². The third-order valence-corrected chi connectivity index (χ3v) is 7.56. The normalized spacial score (nSPS) is 14.9. The summed E-state index contributed by atoms with van der Waals surface area (Å²) in [6.07, 6.45) is 6.54. The first-order valence-corrected chi connectivity index (χ1v) is 13.7. The zero-order valence-electron chi connectivity index (χ0n) is 21.6. The van der Waals surface area contributed by atoms with Crippen molar-refractivity contribution in [3.63, 3.8) is 0 Å². The summed E-state index contributed by atoms with van der Waals surface area (Å²) < 4.78 is 2.17. The number of carbonyl (C=O) groups excluding carboxylic acids is 1. The second-order valence-corrected chi connectivity index (χ2v) is 10.4. The molecule has 7 nitrogen and oxygen atoms in total.